The first kappa shape index (κ1) is 11.6. The van der Waals surface area contributed by atoms with Crippen molar-refractivity contribution in [1.82, 2.24) is 9.97 Å². The van der Waals surface area contributed by atoms with E-state index in [9.17, 15) is 4.79 Å². The van der Waals surface area contributed by atoms with Crippen molar-refractivity contribution >= 4 is 5.78 Å². The molecule has 0 spiro atoms. The molecule has 1 aromatic rings. The number of Topliss-reactive ketones (excluding diaryl/α,β-unsaturated/α-hetero) is 1. The Bertz CT molecular complexity index is 356. The second kappa shape index (κ2) is 4.38. The highest BCUT2D eigenvalue weighted by atomic mass is 16.5. The molecule has 4 nitrogen and oxygen atoms in total. The number of carbonyl (C=O) groups excluding carboxylic acids is 1. The molecule has 0 N–H and O–H groups in total. The lowest BCUT2D eigenvalue weighted by Gasteiger charge is -2.16. The Morgan fingerprint density at radius 1 is 1.33 bits per heavy atom. The van der Waals surface area contributed by atoms with Crippen LogP contribution in [0.5, 0.6) is 5.88 Å². The summed E-state index contributed by atoms with van der Waals surface area (Å²) < 4.78 is 4.99. The van der Waals surface area contributed by atoms with Gasteiger partial charge in [0.2, 0.25) is 5.88 Å². The van der Waals surface area contributed by atoms with E-state index in [1.807, 2.05) is 20.8 Å². The number of hydrogen-bond acceptors (Lipinski definition) is 4. The van der Waals surface area contributed by atoms with Crippen LogP contribution < -0.4 is 4.74 Å². The largest absolute Gasteiger partial charge is 0.479 e. The molecule has 0 saturated carbocycles. The molecule has 0 aliphatic heterocycles. The van der Waals surface area contributed by atoms with Crippen molar-refractivity contribution in [3.8, 4) is 5.88 Å². The van der Waals surface area contributed by atoms with Gasteiger partial charge in [-0.05, 0) is 5.41 Å². The zero-order valence-electron chi connectivity index (χ0n) is 9.57. The quantitative estimate of drug-likeness (QED) is 0.714. The summed E-state index contributed by atoms with van der Waals surface area (Å²) >= 11 is 0. The van der Waals surface area contributed by atoms with Gasteiger partial charge in [0, 0.05) is 18.8 Å². The number of carbonyl (C=O) groups is 1. The Morgan fingerprint density at radius 2 is 1.93 bits per heavy atom. The van der Waals surface area contributed by atoms with Crippen LogP contribution in [0.4, 0.5) is 0 Å². The summed E-state index contributed by atoms with van der Waals surface area (Å²) in [6.45, 7) is 6.02. The fourth-order valence-electron chi connectivity index (χ4n) is 1.23. The van der Waals surface area contributed by atoms with E-state index >= 15 is 0 Å². The molecular weight excluding hydrogens is 192 g/mol. The molecule has 1 heterocycles. The first-order valence-corrected chi connectivity index (χ1v) is 4.82. The monoisotopic (exact) mass is 208 g/mol. The van der Waals surface area contributed by atoms with Crippen molar-refractivity contribution < 1.29 is 9.53 Å². The van der Waals surface area contributed by atoms with Crippen LogP contribution in [-0.2, 0) is 0 Å². The summed E-state index contributed by atoms with van der Waals surface area (Å²) in [6, 6.07) is 0. The van der Waals surface area contributed by atoms with Gasteiger partial charge < -0.3 is 4.74 Å². The summed E-state index contributed by atoms with van der Waals surface area (Å²) in [5.74, 6) is 0.263. The molecule has 82 valence electrons. The molecular formula is C11H16N2O2. The molecule has 0 unspecified atom stereocenters. The highest BCUT2D eigenvalue weighted by Crippen LogP contribution is 2.23. The van der Waals surface area contributed by atoms with Gasteiger partial charge in [-0.1, -0.05) is 20.8 Å². The Labute approximate surface area is 89.7 Å². The van der Waals surface area contributed by atoms with E-state index in [1.54, 1.807) is 0 Å². The summed E-state index contributed by atoms with van der Waals surface area (Å²) in [5, 5.41) is 0. The van der Waals surface area contributed by atoms with Crippen LogP contribution in [-0.4, -0.2) is 22.9 Å². The lowest BCUT2D eigenvalue weighted by Crippen LogP contribution is -2.15. The SMILES string of the molecule is COc1nccnc1C(=O)CC(C)(C)C. The molecule has 15 heavy (non-hydrogen) atoms. The lowest BCUT2D eigenvalue weighted by molar-refractivity contribution is 0.0930. The Morgan fingerprint density at radius 3 is 2.47 bits per heavy atom. The van der Waals surface area contributed by atoms with Crippen molar-refractivity contribution in [1.29, 1.82) is 0 Å². The van der Waals surface area contributed by atoms with Gasteiger partial charge in [-0.15, -0.1) is 0 Å². The second-order valence-electron chi connectivity index (χ2n) is 4.57. The third-order valence-corrected chi connectivity index (χ3v) is 1.81. The molecule has 0 atom stereocenters. The van der Waals surface area contributed by atoms with Gasteiger partial charge in [-0.3, -0.25) is 4.79 Å². The first-order chi connectivity index (χ1) is 6.94. The molecule has 1 aromatic heterocycles. The third-order valence-electron chi connectivity index (χ3n) is 1.81. The topological polar surface area (TPSA) is 52.1 Å². The molecule has 0 saturated heterocycles. The van der Waals surface area contributed by atoms with Gasteiger partial charge in [0.15, 0.2) is 11.5 Å². The van der Waals surface area contributed by atoms with Crippen LogP contribution in [0.1, 0.15) is 37.7 Å². The maximum atomic E-state index is 11.9. The van der Waals surface area contributed by atoms with Crippen LogP contribution in [0.2, 0.25) is 0 Å². The maximum absolute atomic E-state index is 11.9. The van der Waals surface area contributed by atoms with E-state index in [0.717, 1.165) is 0 Å². The number of ketones is 1. The predicted molar refractivity (Wildman–Crippen MR) is 57.0 cm³/mol. The van der Waals surface area contributed by atoms with Gasteiger partial charge in [-0.2, -0.15) is 0 Å². The Kier molecular flexibility index (Phi) is 3.39. The molecule has 0 aliphatic rings. The van der Waals surface area contributed by atoms with Gasteiger partial charge in [-0.25, -0.2) is 9.97 Å². The first-order valence-electron chi connectivity index (χ1n) is 4.82. The highest BCUT2D eigenvalue weighted by Gasteiger charge is 2.21. The van der Waals surface area contributed by atoms with Crippen LogP contribution >= 0.6 is 0 Å². The number of nitrogens with zero attached hydrogens (tertiary/aromatic N) is 2. The van der Waals surface area contributed by atoms with Gasteiger partial charge in [0.05, 0.1) is 7.11 Å². The number of methoxy groups -OCH3 is 1. The minimum absolute atomic E-state index is 0.0348. The average Bonchev–Trinajstić information content (AvgIpc) is 2.15. The van der Waals surface area contributed by atoms with Crippen molar-refractivity contribution in [3.05, 3.63) is 18.1 Å². The van der Waals surface area contributed by atoms with Crippen molar-refractivity contribution in [2.45, 2.75) is 27.2 Å². The molecule has 1 rings (SSSR count). The lowest BCUT2D eigenvalue weighted by atomic mass is 9.89. The normalized spacial score (nSPS) is 11.2. The van der Waals surface area contributed by atoms with Gasteiger partial charge in [0.25, 0.3) is 0 Å². The van der Waals surface area contributed by atoms with Gasteiger partial charge >= 0.3 is 0 Å². The molecule has 4 heteroatoms. The summed E-state index contributed by atoms with van der Waals surface area (Å²) in [4.78, 5) is 19.8. The third kappa shape index (κ3) is 3.31. The van der Waals surface area contributed by atoms with E-state index in [4.69, 9.17) is 4.74 Å². The Balaban J connectivity index is 2.91. The summed E-state index contributed by atoms with van der Waals surface area (Å²) in [7, 11) is 1.48. The molecule has 0 amide bonds. The minimum atomic E-state index is -0.0559. The van der Waals surface area contributed by atoms with E-state index in [1.165, 1.54) is 19.5 Å². The fraction of sp³-hybridized carbons (Fsp3) is 0.545. The van der Waals surface area contributed by atoms with E-state index in [-0.39, 0.29) is 11.2 Å². The van der Waals surface area contributed by atoms with Crippen LogP contribution in [0.25, 0.3) is 0 Å². The Hall–Kier alpha value is -1.45. The van der Waals surface area contributed by atoms with E-state index in [0.29, 0.717) is 18.0 Å². The van der Waals surface area contributed by atoms with Crippen LogP contribution in [0, 0.1) is 5.41 Å². The summed E-state index contributed by atoms with van der Waals surface area (Å²) in [6.07, 6.45) is 3.44. The fourth-order valence-corrected chi connectivity index (χ4v) is 1.23. The highest BCUT2D eigenvalue weighted by molar-refractivity contribution is 5.96. The minimum Gasteiger partial charge on any atom is -0.479 e. The van der Waals surface area contributed by atoms with Crippen molar-refractivity contribution in [3.63, 3.8) is 0 Å². The smallest absolute Gasteiger partial charge is 0.243 e. The molecule has 0 radical (unpaired) electrons. The van der Waals surface area contributed by atoms with Gasteiger partial charge in [0.1, 0.15) is 0 Å². The van der Waals surface area contributed by atoms with E-state index < -0.39 is 0 Å². The van der Waals surface area contributed by atoms with Crippen LogP contribution in [0.3, 0.4) is 0 Å². The zero-order chi connectivity index (χ0) is 11.5. The number of aromatic nitrogens is 2. The molecule has 0 aromatic carbocycles. The molecule has 0 fully saturated rings. The predicted octanol–water partition coefficient (Wildman–Crippen LogP) is 2.10. The number of rotatable bonds is 3. The maximum Gasteiger partial charge on any atom is 0.243 e. The zero-order valence-corrected chi connectivity index (χ0v) is 9.57. The average molecular weight is 208 g/mol. The molecule has 0 bridgehead atoms. The second-order valence-corrected chi connectivity index (χ2v) is 4.57. The van der Waals surface area contributed by atoms with Crippen molar-refractivity contribution in [2.24, 2.45) is 5.41 Å². The summed E-state index contributed by atoms with van der Waals surface area (Å²) in [5.41, 5.74) is 0.259. The number of ether oxygens (including phenoxy) is 1. The van der Waals surface area contributed by atoms with Crippen molar-refractivity contribution in [2.75, 3.05) is 7.11 Å². The number of hydrogen-bond donors (Lipinski definition) is 0. The standard InChI is InChI=1S/C11H16N2O2/c1-11(2,3)7-8(14)9-10(15-4)13-6-5-12-9/h5-6H,7H2,1-4H3. The molecule has 0 aliphatic carbocycles. The van der Waals surface area contributed by atoms with E-state index in [2.05, 4.69) is 9.97 Å². The van der Waals surface area contributed by atoms with Crippen LogP contribution in [0.15, 0.2) is 12.4 Å².